The maximum atomic E-state index is 12.5. The van der Waals surface area contributed by atoms with E-state index in [1.165, 1.54) is 0 Å². The number of fused-ring (bicyclic) bond motifs is 1. The Bertz CT molecular complexity index is 660. The Morgan fingerprint density at radius 1 is 1.21 bits per heavy atom. The van der Waals surface area contributed by atoms with E-state index in [2.05, 4.69) is 0 Å². The summed E-state index contributed by atoms with van der Waals surface area (Å²) in [6, 6.07) is 1.20. The van der Waals surface area contributed by atoms with Gasteiger partial charge in [0.15, 0.2) is 0 Å². The van der Waals surface area contributed by atoms with E-state index in [1.54, 1.807) is 0 Å². The number of nitrogens with zero attached hydrogens (tertiary/aromatic N) is 1. The van der Waals surface area contributed by atoms with Gasteiger partial charge < -0.3 is 0 Å². The van der Waals surface area contributed by atoms with Crippen LogP contribution in [0.15, 0.2) is 16.9 Å². The number of non-ortho nitro benzene ring substituents is 1. The van der Waals surface area contributed by atoms with Gasteiger partial charge in [0.1, 0.15) is 4.70 Å². The molecule has 0 saturated heterocycles. The van der Waals surface area contributed by atoms with E-state index in [9.17, 15) is 28.1 Å². The van der Waals surface area contributed by atoms with E-state index < -0.39 is 26.4 Å². The molecule has 0 radical (unpaired) electrons. The molecule has 1 heterocycles. The lowest BCUT2D eigenvalue weighted by molar-refractivity contribution is -0.383. The fourth-order valence-electron chi connectivity index (χ4n) is 1.26. The molecule has 0 saturated carbocycles. The number of nitro groups is 1. The Morgan fingerprint density at radius 3 is 2.26 bits per heavy atom. The highest BCUT2D eigenvalue weighted by molar-refractivity contribution is 7.35. The lowest BCUT2D eigenvalue weighted by Gasteiger charge is -2.05. The average Bonchev–Trinajstić information content (AvgIpc) is 2.68. The molecule has 2 aromatic rings. The summed E-state index contributed by atoms with van der Waals surface area (Å²) in [5, 5.41) is 10.7. The van der Waals surface area contributed by atoms with Gasteiger partial charge >= 0.3 is 6.18 Å². The summed E-state index contributed by atoms with van der Waals surface area (Å²) in [5.74, 6) is 0. The molecule has 0 atom stereocenters. The molecular formula is C10H8F3NO3S2. The first kappa shape index (κ1) is 15.6. The van der Waals surface area contributed by atoms with Gasteiger partial charge in [0.05, 0.1) is 15.2 Å². The Labute approximate surface area is 113 Å². The monoisotopic (exact) mass is 311 g/mol. The summed E-state index contributed by atoms with van der Waals surface area (Å²) in [4.78, 5) is 20.8. The number of hydrogen-bond acceptors (Lipinski definition) is 5. The van der Waals surface area contributed by atoms with E-state index in [0.717, 1.165) is 6.07 Å². The minimum atomic E-state index is -4.67. The van der Waals surface area contributed by atoms with Crippen LogP contribution >= 0.6 is 22.7 Å². The first-order chi connectivity index (χ1) is 8.79. The highest BCUT2D eigenvalue weighted by Crippen LogP contribution is 2.38. The summed E-state index contributed by atoms with van der Waals surface area (Å²) in [7, 11) is 0. The molecule has 0 spiro atoms. The van der Waals surface area contributed by atoms with Gasteiger partial charge in [0.2, 0.25) is 0 Å². The van der Waals surface area contributed by atoms with Crippen LogP contribution in [0.3, 0.4) is 0 Å². The second kappa shape index (κ2) is 5.66. The summed E-state index contributed by atoms with van der Waals surface area (Å²) >= 11 is 1.15. The van der Waals surface area contributed by atoms with Crippen molar-refractivity contribution in [2.24, 2.45) is 0 Å². The van der Waals surface area contributed by atoms with Crippen molar-refractivity contribution < 1.29 is 18.1 Å². The van der Waals surface area contributed by atoms with Crippen molar-refractivity contribution in [1.82, 2.24) is 0 Å². The van der Waals surface area contributed by atoms with Crippen LogP contribution in [0.5, 0.6) is 0 Å². The molecule has 1 aromatic heterocycles. The smallest absolute Gasteiger partial charge is 0.265 e. The molecule has 0 unspecified atom stereocenters. The zero-order valence-corrected chi connectivity index (χ0v) is 11.4. The highest BCUT2D eigenvalue weighted by atomic mass is 32.2. The summed E-state index contributed by atoms with van der Waals surface area (Å²) in [6.45, 7) is 4.00. The molecule has 0 aliphatic heterocycles. The normalized spacial score (nSPS) is 11.0. The minimum absolute atomic E-state index is 0.0125. The maximum Gasteiger partial charge on any atom is 0.416 e. The topological polar surface area (TPSA) is 60.2 Å². The summed E-state index contributed by atoms with van der Waals surface area (Å²) < 4.78 is 36.9. The van der Waals surface area contributed by atoms with Gasteiger partial charge in [0, 0.05) is 6.07 Å². The fraction of sp³-hybridized carbons (Fsp3) is 0.300. The van der Waals surface area contributed by atoms with Crippen LogP contribution < -0.4 is 4.06 Å². The molecule has 4 nitrogen and oxygen atoms in total. The molecule has 0 fully saturated rings. The number of rotatable bonds is 1. The largest absolute Gasteiger partial charge is 0.416 e. The maximum absolute atomic E-state index is 12.5. The molecule has 0 bridgehead atoms. The summed E-state index contributed by atoms with van der Waals surface area (Å²) in [6.07, 6.45) is -4.67. The van der Waals surface area contributed by atoms with Crippen molar-refractivity contribution >= 4 is 37.8 Å². The van der Waals surface area contributed by atoms with Crippen molar-refractivity contribution in [3.63, 3.8) is 0 Å². The van der Waals surface area contributed by atoms with E-state index in [1.807, 2.05) is 13.8 Å². The van der Waals surface area contributed by atoms with Gasteiger partial charge in [-0.05, 0) is 6.07 Å². The highest BCUT2D eigenvalue weighted by Gasteiger charge is 2.33. The van der Waals surface area contributed by atoms with E-state index in [-0.39, 0.29) is 9.40 Å². The van der Waals surface area contributed by atoms with Crippen LogP contribution in [0.4, 0.5) is 18.9 Å². The molecular weight excluding hydrogens is 303 g/mol. The molecule has 9 heteroatoms. The SMILES string of the molecule is CC.O=c1sc2cc(C(F)(F)F)cc([N+](=O)[O-])c2s1. The predicted molar refractivity (Wildman–Crippen MR) is 69.0 cm³/mol. The van der Waals surface area contributed by atoms with Crippen molar-refractivity contribution in [3.8, 4) is 0 Å². The van der Waals surface area contributed by atoms with Gasteiger partial charge in [-0.2, -0.15) is 13.2 Å². The van der Waals surface area contributed by atoms with Crippen LogP contribution in [0.1, 0.15) is 19.4 Å². The second-order valence-corrected chi connectivity index (χ2v) is 5.29. The molecule has 0 aliphatic carbocycles. The third-order valence-corrected chi connectivity index (χ3v) is 4.08. The average molecular weight is 311 g/mol. The third-order valence-electron chi connectivity index (χ3n) is 1.94. The lowest BCUT2D eigenvalue weighted by Crippen LogP contribution is -2.05. The second-order valence-electron chi connectivity index (χ2n) is 3.03. The molecule has 0 aliphatic rings. The van der Waals surface area contributed by atoms with Gasteiger partial charge in [0.25, 0.3) is 9.74 Å². The number of alkyl halides is 3. The first-order valence-electron chi connectivity index (χ1n) is 5.08. The van der Waals surface area contributed by atoms with Gasteiger partial charge in [-0.15, -0.1) is 0 Å². The minimum Gasteiger partial charge on any atom is -0.265 e. The summed E-state index contributed by atoms with van der Waals surface area (Å²) in [5.41, 5.74) is -1.80. The zero-order valence-electron chi connectivity index (χ0n) is 9.78. The quantitative estimate of drug-likeness (QED) is 0.583. The number of halogens is 3. The molecule has 2 rings (SSSR count). The Balaban J connectivity index is 0.000000861. The zero-order chi connectivity index (χ0) is 14.8. The molecule has 104 valence electrons. The van der Waals surface area contributed by atoms with E-state index in [0.29, 0.717) is 28.7 Å². The molecule has 1 aromatic carbocycles. The van der Waals surface area contributed by atoms with Crippen molar-refractivity contribution in [2.75, 3.05) is 0 Å². The fourth-order valence-corrected chi connectivity index (χ4v) is 3.32. The van der Waals surface area contributed by atoms with Crippen LogP contribution in [-0.2, 0) is 6.18 Å². The molecule has 19 heavy (non-hydrogen) atoms. The van der Waals surface area contributed by atoms with Crippen LogP contribution in [-0.4, -0.2) is 4.92 Å². The molecule has 0 N–H and O–H groups in total. The van der Waals surface area contributed by atoms with Crippen molar-refractivity contribution in [3.05, 3.63) is 36.7 Å². The van der Waals surface area contributed by atoms with E-state index >= 15 is 0 Å². The molecule has 0 amide bonds. The first-order valence-corrected chi connectivity index (χ1v) is 6.71. The van der Waals surface area contributed by atoms with Crippen molar-refractivity contribution in [2.45, 2.75) is 20.0 Å². The number of nitro benzene ring substituents is 1. The van der Waals surface area contributed by atoms with Crippen LogP contribution in [0.2, 0.25) is 0 Å². The van der Waals surface area contributed by atoms with E-state index in [4.69, 9.17) is 0 Å². The van der Waals surface area contributed by atoms with Gasteiger partial charge in [-0.1, -0.05) is 36.5 Å². The third kappa shape index (κ3) is 3.29. The number of benzene rings is 1. The Kier molecular flexibility index (Phi) is 4.64. The van der Waals surface area contributed by atoms with Gasteiger partial charge in [-0.25, -0.2) is 0 Å². The lowest BCUT2D eigenvalue weighted by atomic mass is 10.2. The van der Waals surface area contributed by atoms with Gasteiger partial charge in [-0.3, -0.25) is 14.9 Å². The van der Waals surface area contributed by atoms with Crippen LogP contribution in [0.25, 0.3) is 9.40 Å². The predicted octanol–water partition coefficient (Wildman–Crippen LogP) is 4.28. The number of hydrogen-bond donors (Lipinski definition) is 0. The standard InChI is InChI=1S/C8H2F3NO3S2.C2H6/c9-8(10,11)3-1-4(12(14)15)6-5(2-3)16-7(13)17-6;1-2/h1-2H;1-2H3. The van der Waals surface area contributed by atoms with Crippen molar-refractivity contribution in [1.29, 1.82) is 0 Å². The Hall–Kier alpha value is -1.48. The van der Waals surface area contributed by atoms with Crippen LogP contribution in [0, 0.1) is 10.1 Å². The Morgan fingerprint density at radius 2 is 1.79 bits per heavy atom.